The molecule has 0 aliphatic carbocycles. The molecule has 0 heterocycles. The van der Waals surface area contributed by atoms with Gasteiger partial charge >= 0.3 is 12.0 Å². The Balaban J connectivity index is 4.39. The molecule has 0 unspecified atom stereocenters. The van der Waals surface area contributed by atoms with E-state index in [9.17, 15) is 9.59 Å². The lowest BCUT2D eigenvalue weighted by Gasteiger charge is -2.32. The van der Waals surface area contributed by atoms with Crippen molar-refractivity contribution in [2.45, 2.75) is 46.6 Å². The second-order valence-corrected chi connectivity index (χ2v) is 5.34. The van der Waals surface area contributed by atoms with Gasteiger partial charge in [0, 0.05) is 32.6 Å². The maximum Gasteiger partial charge on any atom is 0.319 e. The third-order valence-corrected chi connectivity index (χ3v) is 2.62. The molecule has 0 aromatic carbocycles. The molecule has 0 radical (unpaired) electrons. The molecule has 2 amide bonds. The third kappa shape index (κ3) is 6.47. The van der Waals surface area contributed by atoms with E-state index in [1.807, 2.05) is 13.8 Å². The van der Waals surface area contributed by atoms with Crippen molar-refractivity contribution in [3.63, 3.8) is 0 Å². The SMILES string of the molecule is CC(C)CN(C)C(=O)N(CCCC(=O)O)C(C)C. The van der Waals surface area contributed by atoms with Crippen LogP contribution in [0.3, 0.4) is 0 Å². The van der Waals surface area contributed by atoms with Gasteiger partial charge in [-0.2, -0.15) is 0 Å². The Kier molecular flexibility index (Phi) is 7.39. The first-order chi connectivity index (χ1) is 8.25. The Morgan fingerprint density at radius 2 is 1.72 bits per heavy atom. The number of amides is 2. The largest absolute Gasteiger partial charge is 0.481 e. The van der Waals surface area contributed by atoms with Crippen molar-refractivity contribution in [2.24, 2.45) is 5.92 Å². The van der Waals surface area contributed by atoms with Crippen molar-refractivity contribution in [1.82, 2.24) is 9.80 Å². The van der Waals surface area contributed by atoms with Gasteiger partial charge in [0.15, 0.2) is 0 Å². The maximum atomic E-state index is 12.2. The first-order valence-corrected chi connectivity index (χ1v) is 6.49. The fourth-order valence-electron chi connectivity index (χ4n) is 1.82. The Morgan fingerprint density at radius 3 is 2.11 bits per heavy atom. The van der Waals surface area contributed by atoms with Crippen molar-refractivity contribution >= 4 is 12.0 Å². The van der Waals surface area contributed by atoms with E-state index in [0.717, 1.165) is 0 Å². The fraction of sp³-hybridized carbons (Fsp3) is 0.846. The zero-order valence-corrected chi connectivity index (χ0v) is 12.1. The monoisotopic (exact) mass is 258 g/mol. The highest BCUT2D eigenvalue weighted by Gasteiger charge is 2.20. The minimum absolute atomic E-state index is 0.0240. The average molecular weight is 258 g/mol. The third-order valence-electron chi connectivity index (χ3n) is 2.62. The summed E-state index contributed by atoms with van der Waals surface area (Å²) in [5.41, 5.74) is 0. The number of carbonyl (C=O) groups is 2. The van der Waals surface area contributed by atoms with E-state index in [-0.39, 0.29) is 18.5 Å². The van der Waals surface area contributed by atoms with Crippen molar-refractivity contribution in [2.75, 3.05) is 20.1 Å². The first-order valence-electron chi connectivity index (χ1n) is 6.49. The molecule has 0 aromatic rings. The van der Waals surface area contributed by atoms with E-state index in [1.54, 1.807) is 16.8 Å². The van der Waals surface area contributed by atoms with Crippen LogP contribution in [0.15, 0.2) is 0 Å². The van der Waals surface area contributed by atoms with E-state index in [2.05, 4.69) is 13.8 Å². The topological polar surface area (TPSA) is 60.9 Å². The molecule has 0 saturated carbocycles. The number of hydrogen-bond acceptors (Lipinski definition) is 2. The van der Waals surface area contributed by atoms with Gasteiger partial charge in [-0.3, -0.25) is 4.79 Å². The number of hydrogen-bond donors (Lipinski definition) is 1. The predicted octanol–water partition coefficient (Wildman–Crippen LogP) is 2.27. The molecule has 0 aliphatic rings. The summed E-state index contributed by atoms with van der Waals surface area (Å²) in [5, 5.41) is 8.62. The Bertz CT molecular complexity index is 277. The molecule has 0 fully saturated rings. The number of rotatable bonds is 7. The zero-order valence-electron chi connectivity index (χ0n) is 12.1. The van der Waals surface area contributed by atoms with E-state index in [1.165, 1.54) is 0 Å². The van der Waals surface area contributed by atoms with Crippen LogP contribution >= 0.6 is 0 Å². The lowest BCUT2D eigenvalue weighted by molar-refractivity contribution is -0.137. The number of carboxylic acids is 1. The molecule has 18 heavy (non-hydrogen) atoms. The highest BCUT2D eigenvalue weighted by atomic mass is 16.4. The molecule has 0 bridgehead atoms. The molecular formula is C13H26N2O3. The van der Waals surface area contributed by atoms with Gasteiger partial charge in [-0.1, -0.05) is 13.8 Å². The van der Waals surface area contributed by atoms with Crippen molar-refractivity contribution in [3.8, 4) is 0 Å². The normalized spacial score (nSPS) is 10.8. The van der Waals surface area contributed by atoms with Gasteiger partial charge in [0.1, 0.15) is 0 Å². The van der Waals surface area contributed by atoms with E-state index < -0.39 is 5.97 Å². The highest BCUT2D eigenvalue weighted by molar-refractivity contribution is 5.74. The second kappa shape index (κ2) is 7.95. The predicted molar refractivity (Wildman–Crippen MR) is 71.6 cm³/mol. The minimum Gasteiger partial charge on any atom is -0.481 e. The van der Waals surface area contributed by atoms with Gasteiger partial charge in [-0.15, -0.1) is 0 Å². The first kappa shape index (κ1) is 16.7. The van der Waals surface area contributed by atoms with Crippen LogP contribution in [-0.4, -0.2) is 53.1 Å². The molecule has 0 aromatic heterocycles. The summed E-state index contributed by atoms with van der Waals surface area (Å²) in [5.74, 6) is -0.395. The van der Waals surface area contributed by atoms with Crippen LogP contribution in [0.2, 0.25) is 0 Å². The summed E-state index contributed by atoms with van der Waals surface area (Å²) in [6, 6.07) is 0.0602. The number of aliphatic carboxylic acids is 1. The van der Waals surface area contributed by atoms with Crippen molar-refractivity contribution in [1.29, 1.82) is 0 Å². The lowest BCUT2D eigenvalue weighted by Crippen LogP contribution is -2.46. The van der Waals surface area contributed by atoms with Crippen LogP contribution in [0, 0.1) is 5.92 Å². The maximum absolute atomic E-state index is 12.2. The lowest BCUT2D eigenvalue weighted by atomic mass is 10.2. The second-order valence-electron chi connectivity index (χ2n) is 5.34. The summed E-state index contributed by atoms with van der Waals surface area (Å²) >= 11 is 0. The summed E-state index contributed by atoms with van der Waals surface area (Å²) in [6.07, 6.45) is 0.596. The Hall–Kier alpha value is -1.26. The van der Waals surface area contributed by atoms with Gasteiger partial charge in [0.05, 0.1) is 0 Å². The standard InChI is InChI=1S/C13H26N2O3/c1-10(2)9-14(5)13(18)15(11(3)4)8-6-7-12(16)17/h10-11H,6-9H2,1-5H3,(H,16,17). The van der Waals surface area contributed by atoms with E-state index in [4.69, 9.17) is 5.11 Å². The summed E-state index contributed by atoms with van der Waals surface area (Å²) < 4.78 is 0. The molecule has 106 valence electrons. The van der Waals surface area contributed by atoms with E-state index in [0.29, 0.717) is 25.4 Å². The quantitative estimate of drug-likeness (QED) is 0.762. The van der Waals surface area contributed by atoms with Crippen LogP contribution in [0.25, 0.3) is 0 Å². The number of carbonyl (C=O) groups excluding carboxylic acids is 1. The Labute approximate surface area is 110 Å². The number of urea groups is 1. The molecule has 1 N–H and O–H groups in total. The van der Waals surface area contributed by atoms with Crippen LogP contribution in [0.1, 0.15) is 40.5 Å². The fourth-order valence-corrected chi connectivity index (χ4v) is 1.82. The van der Waals surface area contributed by atoms with Gasteiger partial charge < -0.3 is 14.9 Å². The molecule has 0 rings (SSSR count). The Morgan fingerprint density at radius 1 is 1.17 bits per heavy atom. The molecule has 5 nitrogen and oxygen atoms in total. The molecule has 5 heteroatoms. The molecular weight excluding hydrogens is 232 g/mol. The average Bonchev–Trinajstić information content (AvgIpc) is 2.21. The van der Waals surface area contributed by atoms with Crippen LogP contribution < -0.4 is 0 Å². The van der Waals surface area contributed by atoms with Gasteiger partial charge in [0.25, 0.3) is 0 Å². The number of nitrogens with zero attached hydrogens (tertiary/aromatic N) is 2. The van der Waals surface area contributed by atoms with Crippen LogP contribution in [0.5, 0.6) is 0 Å². The van der Waals surface area contributed by atoms with Gasteiger partial charge in [-0.05, 0) is 26.2 Å². The minimum atomic E-state index is -0.818. The van der Waals surface area contributed by atoms with Crippen molar-refractivity contribution < 1.29 is 14.7 Å². The summed E-state index contributed by atoms with van der Waals surface area (Å²) in [4.78, 5) is 26.1. The molecule has 0 atom stereocenters. The molecule has 0 saturated heterocycles. The highest BCUT2D eigenvalue weighted by Crippen LogP contribution is 2.07. The van der Waals surface area contributed by atoms with Crippen LogP contribution in [-0.2, 0) is 4.79 Å². The zero-order chi connectivity index (χ0) is 14.3. The summed E-state index contributed by atoms with van der Waals surface area (Å²) in [7, 11) is 1.79. The summed E-state index contributed by atoms with van der Waals surface area (Å²) in [6.45, 7) is 9.22. The van der Waals surface area contributed by atoms with Crippen molar-refractivity contribution in [3.05, 3.63) is 0 Å². The molecule has 0 spiro atoms. The van der Waals surface area contributed by atoms with Gasteiger partial charge in [-0.25, -0.2) is 4.79 Å². The smallest absolute Gasteiger partial charge is 0.319 e. The number of carboxylic acid groups (broad SMARTS) is 1. The van der Waals surface area contributed by atoms with Gasteiger partial charge in [0.2, 0.25) is 0 Å². The molecule has 0 aliphatic heterocycles. The van der Waals surface area contributed by atoms with E-state index >= 15 is 0 Å². The van der Waals surface area contributed by atoms with Crippen LogP contribution in [0.4, 0.5) is 4.79 Å².